The van der Waals surface area contributed by atoms with E-state index in [-0.39, 0.29) is 17.6 Å². The van der Waals surface area contributed by atoms with Gasteiger partial charge in [0.15, 0.2) is 0 Å². The van der Waals surface area contributed by atoms with Crippen molar-refractivity contribution in [3.63, 3.8) is 0 Å². The number of rotatable bonds is 6. The normalized spacial score (nSPS) is 13.4. The highest BCUT2D eigenvalue weighted by Gasteiger charge is 2.24. The predicted molar refractivity (Wildman–Crippen MR) is 76.5 cm³/mol. The fourth-order valence-electron chi connectivity index (χ4n) is 1.67. The SMILES string of the molecule is COC(CNc1cncc(OC(C)C)n1)C(C)(C)C. The molecular formula is C14H25N3O2. The molecular weight excluding hydrogens is 242 g/mol. The Bertz CT molecular complexity index is 389. The van der Waals surface area contributed by atoms with E-state index in [1.807, 2.05) is 13.8 Å². The van der Waals surface area contributed by atoms with E-state index < -0.39 is 0 Å². The lowest BCUT2D eigenvalue weighted by atomic mass is 9.89. The first-order valence-electron chi connectivity index (χ1n) is 6.58. The third-order valence-corrected chi connectivity index (χ3v) is 2.69. The van der Waals surface area contributed by atoms with Crippen molar-refractivity contribution in [2.75, 3.05) is 19.0 Å². The summed E-state index contributed by atoms with van der Waals surface area (Å²) < 4.78 is 11.0. The first-order valence-corrected chi connectivity index (χ1v) is 6.58. The molecule has 0 aliphatic rings. The lowest BCUT2D eigenvalue weighted by molar-refractivity contribution is 0.0268. The van der Waals surface area contributed by atoms with E-state index in [2.05, 4.69) is 36.1 Å². The quantitative estimate of drug-likeness (QED) is 0.859. The maximum absolute atomic E-state index is 5.51. The second-order valence-corrected chi connectivity index (χ2v) is 5.88. The Morgan fingerprint density at radius 3 is 2.47 bits per heavy atom. The number of ether oxygens (including phenoxy) is 2. The topological polar surface area (TPSA) is 56.3 Å². The van der Waals surface area contributed by atoms with Crippen molar-refractivity contribution in [2.45, 2.75) is 46.8 Å². The minimum absolute atomic E-state index is 0.0707. The van der Waals surface area contributed by atoms with Crippen LogP contribution in [0.3, 0.4) is 0 Å². The average molecular weight is 267 g/mol. The summed E-state index contributed by atoms with van der Waals surface area (Å²) in [6, 6.07) is 0. The van der Waals surface area contributed by atoms with Gasteiger partial charge < -0.3 is 14.8 Å². The third kappa shape index (κ3) is 5.42. The number of hydrogen-bond acceptors (Lipinski definition) is 5. The van der Waals surface area contributed by atoms with Crippen molar-refractivity contribution < 1.29 is 9.47 Å². The molecule has 0 aliphatic heterocycles. The number of anilines is 1. The number of nitrogens with one attached hydrogen (secondary N) is 1. The molecule has 1 aromatic heterocycles. The van der Waals surface area contributed by atoms with E-state index in [1.54, 1.807) is 19.5 Å². The van der Waals surface area contributed by atoms with Crippen molar-refractivity contribution in [2.24, 2.45) is 5.41 Å². The molecule has 1 unspecified atom stereocenters. The molecule has 0 amide bonds. The van der Waals surface area contributed by atoms with Gasteiger partial charge in [-0.25, -0.2) is 0 Å². The molecule has 0 fully saturated rings. The fraction of sp³-hybridized carbons (Fsp3) is 0.714. The molecule has 1 aromatic rings. The Morgan fingerprint density at radius 2 is 1.95 bits per heavy atom. The number of hydrogen-bond donors (Lipinski definition) is 1. The van der Waals surface area contributed by atoms with E-state index in [4.69, 9.17) is 9.47 Å². The van der Waals surface area contributed by atoms with Crippen molar-refractivity contribution in [3.05, 3.63) is 12.4 Å². The monoisotopic (exact) mass is 267 g/mol. The molecule has 0 bridgehead atoms. The van der Waals surface area contributed by atoms with Gasteiger partial charge in [-0.05, 0) is 19.3 Å². The van der Waals surface area contributed by atoms with Crippen LogP contribution in [0.1, 0.15) is 34.6 Å². The Balaban J connectivity index is 2.62. The molecule has 0 aliphatic carbocycles. The summed E-state index contributed by atoms with van der Waals surface area (Å²) in [6.45, 7) is 11.0. The molecule has 1 rings (SSSR count). The van der Waals surface area contributed by atoms with E-state index >= 15 is 0 Å². The Kier molecular flexibility index (Phi) is 5.54. The molecule has 1 N–H and O–H groups in total. The molecule has 19 heavy (non-hydrogen) atoms. The van der Waals surface area contributed by atoms with Crippen LogP contribution in [0, 0.1) is 5.41 Å². The highest BCUT2D eigenvalue weighted by molar-refractivity contribution is 5.33. The van der Waals surface area contributed by atoms with Gasteiger partial charge in [0.05, 0.1) is 24.6 Å². The van der Waals surface area contributed by atoms with Crippen molar-refractivity contribution >= 4 is 5.82 Å². The van der Waals surface area contributed by atoms with Crippen LogP contribution in [0.15, 0.2) is 12.4 Å². The maximum Gasteiger partial charge on any atom is 0.234 e. The molecule has 0 saturated heterocycles. The molecule has 0 spiro atoms. The Labute approximate surface area is 115 Å². The molecule has 1 atom stereocenters. The van der Waals surface area contributed by atoms with E-state index in [0.717, 1.165) is 0 Å². The highest BCUT2D eigenvalue weighted by atomic mass is 16.5. The smallest absolute Gasteiger partial charge is 0.234 e. The van der Waals surface area contributed by atoms with Gasteiger partial charge in [0.1, 0.15) is 5.82 Å². The Hall–Kier alpha value is -1.36. The van der Waals surface area contributed by atoms with Crippen LogP contribution in [-0.4, -0.2) is 35.8 Å². The summed E-state index contributed by atoms with van der Waals surface area (Å²) in [5, 5.41) is 3.24. The van der Waals surface area contributed by atoms with Crippen LogP contribution in [0.25, 0.3) is 0 Å². The predicted octanol–water partition coefficient (Wildman–Crippen LogP) is 2.74. The van der Waals surface area contributed by atoms with Gasteiger partial charge in [-0.2, -0.15) is 4.98 Å². The molecule has 0 aromatic carbocycles. The van der Waals surface area contributed by atoms with Crippen molar-refractivity contribution in [1.82, 2.24) is 9.97 Å². The van der Waals surface area contributed by atoms with Gasteiger partial charge in [-0.1, -0.05) is 20.8 Å². The van der Waals surface area contributed by atoms with Crippen molar-refractivity contribution in [1.29, 1.82) is 0 Å². The first-order chi connectivity index (χ1) is 8.82. The van der Waals surface area contributed by atoms with Gasteiger partial charge in [0.2, 0.25) is 5.88 Å². The van der Waals surface area contributed by atoms with Gasteiger partial charge in [-0.15, -0.1) is 0 Å². The van der Waals surface area contributed by atoms with Crippen LogP contribution in [0.4, 0.5) is 5.82 Å². The summed E-state index contributed by atoms with van der Waals surface area (Å²) in [7, 11) is 1.72. The zero-order valence-electron chi connectivity index (χ0n) is 12.7. The van der Waals surface area contributed by atoms with Crippen LogP contribution in [-0.2, 0) is 4.74 Å². The highest BCUT2D eigenvalue weighted by Crippen LogP contribution is 2.22. The molecule has 0 saturated carbocycles. The number of aromatic nitrogens is 2. The van der Waals surface area contributed by atoms with Gasteiger partial charge in [0.25, 0.3) is 0 Å². The van der Waals surface area contributed by atoms with E-state index in [0.29, 0.717) is 18.2 Å². The maximum atomic E-state index is 5.51. The van der Waals surface area contributed by atoms with E-state index in [1.165, 1.54) is 0 Å². The fourth-order valence-corrected chi connectivity index (χ4v) is 1.67. The average Bonchev–Trinajstić information content (AvgIpc) is 2.27. The molecule has 5 heteroatoms. The minimum Gasteiger partial charge on any atom is -0.474 e. The number of methoxy groups -OCH3 is 1. The summed E-state index contributed by atoms with van der Waals surface area (Å²) in [5.74, 6) is 1.23. The zero-order chi connectivity index (χ0) is 14.5. The second-order valence-electron chi connectivity index (χ2n) is 5.88. The minimum atomic E-state index is 0.0707. The van der Waals surface area contributed by atoms with Crippen LogP contribution in [0.5, 0.6) is 5.88 Å². The number of nitrogens with zero attached hydrogens (tertiary/aromatic N) is 2. The van der Waals surface area contributed by atoms with Gasteiger partial charge in [0, 0.05) is 13.7 Å². The largest absolute Gasteiger partial charge is 0.474 e. The van der Waals surface area contributed by atoms with E-state index in [9.17, 15) is 0 Å². The molecule has 1 heterocycles. The lowest BCUT2D eigenvalue weighted by Crippen LogP contribution is -2.35. The zero-order valence-corrected chi connectivity index (χ0v) is 12.7. The lowest BCUT2D eigenvalue weighted by Gasteiger charge is -2.29. The van der Waals surface area contributed by atoms with Crippen molar-refractivity contribution in [3.8, 4) is 5.88 Å². The first kappa shape index (κ1) is 15.7. The summed E-state index contributed by atoms with van der Waals surface area (Å²) >= 11 is 0. The molecule has 5 nitrogen and oxygen atoms in total. The van der Waals surface area contributed by atoms with Gasteiger partial charge in [-0.3, -0.25) is 4.98 Å². The molecule has 108 valence electrons. The van der Waals surface area contributed by atoms with Crippen LogP contribution in [0.2, 0.25) is 0 Å². The summed E-state index contributed by atoms with van der Waals surface area (Å²) in [5.41, 5.74) is 0.0707. The van der Waals surface area contributed by atoms with Crippen LogP contribution < -0.4 is 10.1 Å². The second kappa shape index (κ2) is 6.70. The molecule has 0 radical (unpaired) electrons. The van der Waals surface area contributed by atoms with Crippen LogP contribution >= 0.6 is 0 Å². The standard InChI is InChI=1S/C14H25N3O2/c1-10(2)19-13-9-15-8-12(17-13)16-7-11(18-6)14(3,4)5/h8-11H,7H2,1-6H3,(H,16,17). The summed E-state index contributed by atoms with van der Waals surface area (Å²) in [4.78, 5) is 8.46. The third-order valence-electron chi connectivity index (χ3n) is 2.69. The Morgan fingerprint density at radius 1 is 1.26 bits per heavy atom. The summed E-state index contributed by atoms with van der Waals surface area (Å²) in [6.07, 6.45) is 3.49. The van der Waals surface area contributed by atoms with Gasteiger partial charge >= 0.3 is 0 Å².